The Kier molecular flexibility index (Phi) is 7.99. The lowest BCUT2D eigenvalue weighted by Gasteiger charge is -2.36. The number of ether oxygens (including phenoxy) is 2. The number of aliphatic hydroxyl groups is 1. The summed E-state index contributed by atoms with van der Waals surface area (Å²) in [5.74, 6) is -1.66. The molecule has 3 amide bonds. The highest BCUT2D eigenvalue weighted by Gasteiger charge is 2.78. The third kappa shape index (κ3) is 4.31. The Labute approximate surface area is 224 Å². The summed E-state index contributed by atoms with van der Waals surface area (Å²) in [6.45, 7) is 12.3. The Morgan fingerprint density at radius 1 is 1.18 bits per heavy atom. The molecule has 0 radical (unpaired) electrons. The molecule has 4 rings (SSSR count). The van der Waals surface area contributed by atoms with E-state index >= 15 is 0 Å². The minimum atomic E-state index is -1.16. The maximum Gasteiger partial charge on any atom is 0.253 e. The standard InChI is InChI=1S/C29H39N3O6/c1-6-15-30(16-7-2)25(34)22-23-26(35)32(18-19-33)24(29(23)14-13-28(22,4)38-29)27(36)31(17-8-3)20-9-11-21(37-5)12-10-20/h6,8-12,22-24,33H,1,3,7,13-19H2,2,4-5H3/t22-,23+,24?,28+,29?/m1/s1. The topological polar surface area (TPSA) is 99.6 Å². The number of benzene rings is 1. The molecule has 3 heterocycles. The predicted molar refractivity (Wildman–Crippen MR) is 144 cm³/mol. The molecule has 5 atom stereocenters. The van der Waals surface area contributed by atoms with Crippen LogP contribution in [0.1, 0.15) is 33.1 Å². The fourth-order valence-electron chi connectivity index (χ4n) is 6.70. The zero-order valence-electron chi connectivity index (χ0n) is 22.6. The quantitative estimate of drug-likeness (QED) is 0.421. The molecule has 0 aliphatic carbocycles. The molecule has 38 heavy (non-hydrogen) atoms. The fourth-order valence-corrected chi connectivity index (χ4v) is 6.70. The van der Waals surface area contributed by atoms with Crippen molar-refractivity contribution in [1.82, 2.24) is 9.80 Å². The van der Waals surface area contributed by atoms with Gasteiger partial charge in [0.1, 0.15) is 17.4 Å². The van der Waals surface area contributed by atoms with Gasteiger partial charge in [0.15, 0.2) is 0 Å². The van der Waals surface area contributed by atoms with Crippen LogP contribution in [0.2, 0.25) is 0 Å². The van der Waals surface area contributed by atoms with E-state index in [0.717, 1.165) is 6.42 Å². The summed E-state index contributed by atoms with van der Waals surface area (Å²) in [5.41, 5.74) is -1.40. The number of anilines is 1. The normalized spacial score (nSPS) is 29.2. The van der Waals surface area contributed by atoms with E-state index in [0.29, 0.717) is 37.4 Å². The van der Waals surface area contributed by atoms with Crippen molar-refractivity contribution >= 4 is 23.4 Å². The number of carbonyl (C=O) groups is 3. The number of amides is 3. The molecular weight excluding hydrogens is 486 g/mol. The maximum atomic E-state index is 14.3. The highest BCUT2D eigenvalue weighted by molar-refractivity contribution is 6.05. The van der Waals surface area contributed by atoms with E-state index in [1.807, 2.05) is 13.8 Å². The molecule has 2 unspecified atom stereocenters. The van der Waals surface area contributed by atoms with Crippen molar-refractivity contribution in [3.05, 3.63) is 49.6 Å². The van der Waals surface area contributed by atoms with Gasteiger partial charge in [0.05, 0.1) is 31.2 Å². The van der Waals surface area contributed by atoms with Crippen LogP contribution in [0, 0.1) is 11.8 Å². The second-order valence-corrected chi connectivity index (χ2v) is 10.5. The van der Waals surface area contributed by atoms with Gasteiger partial charge in [0.2, 0.25) is 11.8 Å². The Balaban J connectivity index is 1.77. The predicted octanol–water partition coefficient (Wildman–Crippen LogP) is 2.40. The number of β-amino-alcohol motifs (C(OH)–C–C–N with tert-alkyl or cyclic N) is 1. The van der Waals surface area contributed by atoms with Crippen LogP contribution < -0.4 is 9.64 Å². The molecule has 3 fully saturated rings. The van der Waals surface area contributed by atoms with E-state index < -0.39 is 29.1 Å². The van der Waals surface area contributed by atoms with E-state index in [4.69, 9.17) is 9.47 Å². The molecule has 3 aliphatic rings. The summed E-state index contributed by atoms with van der Waals surface area (Å²) in [4.78, 5) is 47.0. The van der Waals surface area contributed by atoms with Gasteiger partial charge in [-0.1, -0.05) is 19.1 Å². The number of fused-ring (bicyclic) bond motifs is 1. The summed E-state index contributed by atoms with van der Waals surface area (Å²) in [6.07, 6.45) is 5.11. The Bertz CT molecular complexity index is 1090. The van der Waals surface area contributed by atoms with Gasteiger partial charge in [-0.3, -0.25) is 14.4 Å². The van der Waals surface area contributed by atoms with Crippen molar-refractivity contribution in [1.29, 1.82) is 0 Å². The third-order valence-corrected chi connectivity index (χ3v) is 8.23. The molecular formula is C29H39N3O6. The molecule has 1 aromatic rings. The van der Waals surface area contributed by atoms with Gasteiger partial charge in [-0.25, -0.2) is 0 Å². The van der Waals surface area contributed by atoms with E-state index in [-0.39, 0.29) is 37.4 Å². The second kappa shape index (κ2) is 10.9. The van der Waals surface area contributed by atoms with Crippen molar-refractivity contribution in [3.63, 3.8) is 0 Å². The largest absolute Gasteiger partial charge is 0.497 e. The molecule has 1 aromatic carbocycles. The molecule has 3 saturated heterocycles. The van der Waals surface area contributed by atoms with Crippen LogP contribution in [-0.4, -0.2) is 89.8 Å². The summed E-state index contributed by atoms with van der Waals surface area (Å²) in [5, 5.41) is 9.87. The first kappa shape index (κ1) is 27.9. The molecule has 1 spiro atoms. The minimum absolute atomic E-state index is 0.0235. The number of hydrogen-bond acceptors (Lipinski definition) is 6. The summed E-state index contributed by atoms with van der Waals surface area (Å²) in [7, 11) is 1.57. The van der Waals surface area contributed by atoms with Crippen molar-refractivity contribution in [2.24, 2.45) is 11.8 Å². The SMILES string of the molecule is C=CCN(CCC)C(=O)[C@H]1[C@H]2C(=O)N(CCO)C(C(=O)N(CC=C)c3ccc(OC)cc3)C23CC[C@]1(C)O3. The monoisotopic (exact) mass is 525 g/mol. The summed E-state index contributed by atoms with van der Waals surface area (Å²) < 4.78 is 11.9. The summed E-state index contributed by atoms with van der Waals surface area (Å²) >= 11 is 0. The van der Waals surface area contributed by atoms with Gasteiger partial charge in [0, 0.05) is 31.9 Å². The fraction of sp³-hybridized carbons (Fsp3) is 0.552. The molecule has 2 bridgehead atoms. The minimum Gasteiger partial charge on any atom is -0.497 e. The number of rotatable bonds is 12. The Morgan fingerprint density at radius 3 is 2.45 bits per heavy atom. The molecule has 3 aliphatic heterocycles. The first-order valence-corrected chi connectivity index (χ1v) is 13.3. The van der Waals surface area contributed by atoms with E-state index in [1.165, 1.54) is 4.90 Å². The third-order valence-electron chi connectivity index (χ3n) is 8.23. The lowest BCUT2D eigenvalue weighted by Crippen LogP contribution is -2.57. The van der Waals surface area contributed by atoms with E-state index in [2.05, 4.69) is 13.2 Å². The molecule has 9 nitrogen and oxygen atoms in total. The van der Waals surface area contributed by atoms with Crippen molar-refractivity contribution in [2.75, 3.05) is 44.8 Å². The maximum absolute atomic E-state index is 14.3. The van der Waals surface area contributed by atoms with Gasteiger partial charge in [-0.05, 0) is 50.5 Å². The number of nitrogens with zero attached hydrogens (tertiary/aromatic N) is 3. The lowest BCUT2D eigenvalue weighted by molar-refractivity contribution is -0.149. The highest BCUT2D eigenvalue weighted by Crippen LogP contribution is 2.63. The zero-order chi connectivity index (χ0) is 27.7. The second-order valence-electron chi connectivity index (χ2n) is 10.5. The Morgan fingerprint density at radius 2 is 1.87 bits per heavy atom. The van der Waals surface area contributed by atoms with Crippen LogP contribution in [0.3, 0.4) is 0 Å². The number of carbonyl (C=O) groups excluding carboxylic acids is 3. The molecule has 9 heteroatoms. The first-order chi connectivity index (χ1) is 18.2. The van der Waals surface area contributed by atoms with Gasteiger partial charge in [-0.2, -0.15) is 0 Å². The molecule has 0 aromatic heterocycles. The molecule has 206 valence electrons. The van der Waals surface area contributed by atoms with Crippen LogP contribution in [0.5, 0.6) is 5.75 Å². The van der Waals surface area contributed by atoms with Gasteiger partial charge in [0.25, 0.3) is 5.91 Å². The lowest BCUT2D eigenvalue weighted by atomic mass is 9.66. The highest BCUT2D eigenvalue weighted by atomic mass is 16.5. The van der Waals surface area contributed by atoms with Crippen LogP contribution >= 0.6 is 0 Å². The molecule has 0 saturated carbocycles. The summed E-state index contributed by atoms with van der Waals surface area (Å²) in [6, 6.07) is 6.11. The molecule has 1 N–H and O–H groups in total. The Hall–Kier alpha value is -3.17. The van der Waals surface area contributed by atoms with Crippen LogP contribution in [0.4, 0.5) is 5.69 Å². The van der Waals surface area contributed by atoms with E-state index in [9.17, 15) is 19.5 Å². The van der Waals surface area contributed by atoms with Crippen molar-refractivity contribution in [2.45, 2.75) is 50.4 Å². The number of hydrogen-bond donors (Lipinski definition) is 1. The van der Waals surface area contributed by atoms with Gasteiger partial charge < -0.3 is 29.3 Å². The van der Waals surface area contributed by atoms with Crippen molar-refractivity contribution < 1.29 is 29.0 Å². The first-order valence-electron chi connectivity index (χ1n) is 13.3. The van der Waals surface area contributed by atoms with Gasteiger partial charge in [-0.15, -0.1) is 13.2 Å². The van der Waals surface area contributed by atoms with Crippen LogP contribution in [-0.2, 0) is 19.1 Å². The van der Waals surface area contributed by atoms with Crippen LogP contribution in [0.15, 0.2) is 49.6 Å². The van der Waals surface area contributed by atoms with Gasteiger partial charge >= 0.3 is 0 Å². The van der Waals surface area contributed by atoms with Crippen LogP contribution in [0.25, 0.3) is 0 Å². The zero-order valence-corrected chi connectivity index (χ0v) is 22.6. The number of methoxy groups -OCH3 is 1. The van der Waals surface area contributed by atoms with E-state index in [1.54, 1.807) is 53.3 Å². The van der Waals surface area contributed by atoms with Crippen molar-refractivity contribution in [3.8, 4) is 5.75 Å². The average molecular weight is 526 g/mol. The average Bonchev–Trinajstić information content (AvgIpc) is 3.47. The number of likely N-dealkylation sites (tertiary alicyclic amines) is 1. The number of aliphatic hydroxyl groups excluding tert-OH is 1. The smallest absolute Gasteiger partial charge is 0.253 e.